The Morgan fingerprint density at radius 1 is 1.12 bits per heavy atom. The molecule has 0 aromatic heterocycles. The van der Waals surface area contributed by atoms with Gasteiger partial charge in [-0.2, -0.15) is 0 Å². The van der Waals surface area contributed by atoms with Gasteiger partial charge in [-0.25, -0.2) is 8.42 Å². The van der Waals surface area contributed by atoms with Crippen LogP contribution in [0.3, 0.4) is 0 Å². The third-order valence-electron chi connectivity index (χ3n) is 3.65. The standard InChI is InChI=1S/C12H25NO2S/c1-11(2,3)16(14,15)10-9-12(13)7-5-4-6-8-12/h4-10,13H2,1-3H3. The average Bonchev–Trinajstić information content (AvgIpc) is 2.15. The van der Waals surface area contributed by atoms with E-state index in [9.17, 15) is 8.42 Å². The molecule has 1 aliphatic carbocycles. The van der Waals surface area contributed by atoms with Gasteiger partial charge in [0.05, 0.1) is 10.5 Å². The van der Waals surface area contributed by atoms with Gasteiger partial charge in [-0.1, -0.05) is 19.3 Å². The SMILES string of the molecule is CC(C)(C)S(=O)(=O)CCC1(N)CCCCC1. The molecule has 0 bridgehead atoms. The van der Waals surface area contributed by atoms with Crippen LogP contribution in [0.5, 0.6) is 0 Å². The Kier molecular flexibility index (Phi) is 4.06. The highest BCUT2D eigenvalue weighted by Crippen LogP contribution is 2.30. The summed E-state index contributed by atoms with van der Waals surface area (Å²) in [7, 11) is -3.02. The Labute approximate surface area is 99.7 Å². The van der Waals surface area contributed by atoms with Crippen LogP contribution in [0.2, 0.25) is 0 Å². The molecule has 0 aliphatic heterocycles. The maximum Gasteiger partial charge on any atom is 0.155 e. The van der Waals surface area contributed by atoms with Crippen LogP contribution in [-0.2, 0) is 9.84 Å². The molecule has 0 atom stereocenters. The van der Waals surface area contributed by atoms with Crippen molar-refractivity contribution in [3.05, 3.63) is 0 Å². The highest BCUT2D eigenvalue weighted by molar-refractivity contribution is 7.92. The van der Waals surface area contributed by atoms with E-state index in [1.54, 1.807) is 20.8 Å². The number of sulfone groups is 1. The van der Waals surface area contributed by atoms with Crippen LogP contribution in [0.1, 0.15) is 59.3 Å². The maximum atomic E-state index is 12.0. The van der Waals surface area contributed by atoms with Gasteiger partial charge in [0.2, 0.25) is 0 Å². The summed E-state index contributed by atoms with van der Waals surface area (Å²) in [6.07, 6.45) is 6.11. The summed E-state index contributed by atoms with van der Waals surface area (Å²) in [5.41, 5.74) is 6.02. The zero-order valence-corrected chi connectivity index (χ0v) is 11.6. The molecule has 0 radical (unpaired) electrons. The van der Waals surface area contributed by atoms with E-state index in [0.717, 1.165) is 25.7 Å². The topological polar surface area (TPSA) is 60.2 Å². The van der Waals surface area contributed by atoms with Crippen molar-refractivity contribution in [1.29, 1.82) is 0 Å². The van der Waals surface area contributed by atoms with Gasteiger partial charge in [0, 0.05) is 5.54 Å². The molecule has 0 aromatic rings. The molecule has 0 heterocycles. The second-order valence-corrected chi connectivity index (χ2v) is 8.97. The first-order valence-electron chi connectivity index (χ1n) is 6.18. The fourth-order valence-electron chi connectivity index (χ4n) is 2.15. The molecule has 16 heavy (non-hydrogen) atoms. The minimum absolute atomic E-state index is 0.226. The molecule has 0 spiro atoms. The summed E-state index contributed by atoms with van der Waals surface area (Å²) in [6.45, 7) is 5.27. The Balaban J connectivity index is 2.57. The fraction of sp³-hybridized carbons (Fsp3) is 1.00. The normalized spacial score (nSPS) is 22.0. The molecule has 1 fully saturated rings. The van der Waals surface area contributed by atoms with Crippen molar-refractivity contribution in [2.45, 2.75) is 69.6 Å². The first-order chi connectivity index (χ1) is 7.16. The largest absolute Gasteiger partial charge is 0.325 e. The van der Waals surface area contributed by atoms with E-state index in [1.807, 2.05) is 0 Å². The van der Waals surface area contributed by atoms with Crippen molar-refractivity contribution in [3.63, 3.8) is 0 Å². The van der Waals surface area contributed by atoms with Crippen molar-refractivity contribution in [1.82, 2.24) is 0 Å². The van der Waals surface area contributed by atoms with Crippen LogP contribution in [-0.4, -0.2) is 24.5 Å². The fourth-order valence-corrected chi connectivity index (χ4v) is 3.44. The average molecular weight is 247 g/mol. The van der Waals surface area contributed by atoms with E-state index in [-0.39, 0.29) is 11.3 Å². The van der Waals surface area contributed by atoms with Crippen LogP contribution in [0.15, 0.2) is 0 Å². The molecule has 96 valence electrons. The minimum atomic E-state index is -3.02. The maximum absolute atomic E-state index is 12.0. The van der Waals surface area contributed by atoms with E-state index < -0.39 is 14.6 Å². The lowest BCUT2D eigenvalue weighted by molar-refractivity contribution is 0.287. The van der Waals surface area contributed by atoms with Crippen LogP contribution < -0.4 is 5.73 Å². The molecule has 0 amide bonds. The minimum Gasteiger partial charge on any atom is -0.325 e. The zero-order chi connectivity index (χ0) is 12.4. The molecule has 1 saturated carbocycles. The van der Waals surface area contributed by atoms with E-state index in [1.165, 1.54) is 6.42 Å². The Morgan fingerprint density at radius 2 is 1.62 bits per heavy atom. The molecule has 0 saturated heterocycles. The molecular weight excluding hydrogens is 222 g/mol. The summed E-state index contributed by atoms with van der Waals surface area (Å²) in [6, 6.07) is 0. The molecule has 1 rings (SSSR count). The van der Waals surface area contributed by atoms with E-state index in [2.05, 4.69) is 0 Å². The van der Waals surface area contributed by atoms with Gasteiger partial charge in [-0.05, 0) is 40.0 Å². The second-order valence-electron chi connectivity index (χ2n) is 6.10. The van der Waals surface area contributed by atoms with Crippen LogP contribution in [0.4, 0.5) is 0 Å². The van der Waals surface area contributed by atoms with E-state index in [4.69, 9.17) is 5.73 Å². The third-order valence-corrected chi connectivity index (χ3v) is 6.26. The Hall–Kier alpha value is -0.0900. The smallest absolute Gasteiger partial charge is 0.155 e. The number of nitrogens with two attached hydrogens (primary N) is 1. The quantitative estimate of drug-likeness (QED) is 0.832. The number of rotatable bonds is 3. The van der Waals surface area contributed by atoms with Gasteiger partial charge in [0.1, 0.15) is 0 Å². The van der Waals surface area contributed by atoms with Crippen LogP contribution in [0.25, 0.3) is 0 Å². The summed E-state index contributed by atoms with van der Waals surface area (Å²) < 4.78 is 23.3. The molecule has 0 unspecified atom stereocenters. The van der Waals surface area contributed by atoms with Crippen molar-refractivity contribution in [2.24, 2.45) is 5.73 Å². The molecular formula is C12H25NO2S. The van der Waals surface area contributed by atoms with E-state index >= 15 is 0 Å². The lowest BCUT2D eigenvalue weighted by Crippen LogP contribution is -2.44. The highest BCUT2D eigenvalue weighted by Gasteiger charge is 2.33. The summed E-state index contributed by atoms with van der Waals surface area (Å²) >= 11 is 0. The van der Waals surface area contributed by atoms with Gasteiger partial charge in [-0.3, -0.25) is 0 Å². The Morgan fingerprint density at radius 3 is 2.06 bits per heavy atom. The van der Waals surface area contributed by atoms with Gasteiger partial charge in [0.15, 0.2) is 9.84 Å². The highest BCUT2D eigenvalue weighted by atomic mass is 32.2. The zero-order valence-electron chi connectivity index (χ0n) is 10.8. The van der Waals surface area contributed by atoms with Crippen molar-refractivity contribution < 1.29 is 8.42 Å². The lowest BCUT2D eigenvalue weighted by atomic mass is 9.81. The summed E-state index contributed by atoms with van der Waals surface area (Å²) in [4.78, 5) is 0. The van der Waals surface area contributed by atoms with Crippen LogP contribution in [0, 0.1) is 0 Å². The first-order valence-corrected chi connectivity index (χ1v) is 7.83. The van der Waals surface area contributed by atoms with E-state index in [0.29, 0.717) is 6.42 Å². The van der Waals surface area contributed by atoms with Crippen molar-refractivity contribution in [3.8, 4) is 0 Å². The lowest BCUT2D eigenvalue weighted by Gasteiger charge is -2.34. The number of hydrogen-bond donors (Lipinski definition) is 1. The predicted octanol–water partition coefficient (Wildman–Crippen LogP) is 2.25. The van der Waals surface area contributed by atoms with Gasteiger partial charge >= 0.3 is 0 Å². The van der Waals surface area contributed by atoms with Gasteiger partial charge in [-0.15, -0.1) is 0 Å². The molecule has 0 aromatic carbocycles. The summed E-state index contributed by atoms with van der Waals surface area (Å²) in [5.74, 6) is 0.229. The molecule has 3 nitrogen and oxygen atoms in total. The summed E-state index contributed by atoms with van der Waals surface area (Å²) in [5, 5.41) is 0. The van der Waals surface area contributed by atoms with Crippen LogP contribution >= 0.6 is 0 Å². The third kappa shape index (κ3) is 3.45. The number of hydrogen-bond acceptors (Lipinski definition) is 3. The Bertz CT molecular complexity index is 321. The molecule has 1 aliphatic rings. The monoisotopic (exact) mass is 247 g/mol. The molecule has 4 heteroatoms. The first kappa shape index (κ1) is 14.0. The van der Waals surface area contributed by atoms with Crippen molar-refractivity contribution >= 4 is 9.84 Å². The van der Waals surface area contributed by atoms with Gasteiger partial charge < -0.3 is 5.73 Å². The van der Waals surface area contributed by atoms with Gasteiger partial charge in [0.25, 0.3) is 0 Å². The van der Waals surface area contributed by atoms with Crippen molar-refractivity contribution in [2.75, 3.05) is 5.75 Å². The predicted molar refractivity (Wildman–Crippen MR) is 68.2 cm³/mol. The second kappa shape index (κ2) is 4.65. The molecule has 2 N–H and O–H groups in total.